The molecule has 5 nitrogen and oxygen atoms in total. The van der Waals surface area contributed by atoms with Crippen molar-refractivity contribution in [2.24, 2.45) is 4.99 Å². The van der Waals surface area contributed by atoms with Crippen molar-refractivity contribution in [2.45, 2.75) is 44.9 Å². The van der Waals surface area contributed by atoms with E-state index in [1.165, 1.54) is 11.1 Å². The van der Waals surface area contributed by atoms with Crippen LogP contribution in [0.3, 0.4) is 0 Å². The first-order chi connectivity index (χ1) is 14.2. The number of alkyl halides is 3. The summed E-state index contributed by atoms with van der Waals surface area (Å²) in [4.78, 5) is 10.3. The van der Waals surface area contributed by atoms with Crippen LogP contribution in [0.1, 0.15) is 35.7 Å². The van der Waals surface area contributed by atoms with Crippen LogP contribution >= 0.6 is 35.3 Å². The van der Waals surface area contributed by atoms with E-state index in [2.05, 4.69) is 63.6 Å². The van der Waals surface area contributed by atoms with Crippen LogP contribution in [-0.2, 0) is 25.6 Å². The Labute approximate surface area is 202 Å². The van der Waals surface area contributed by atoms with Gasteiger partial charge >= 0.3 is 6.18 Å². The van der Waals surface area contributed by atoms with E-state index in [0.717, 1.165) is 36.2 Å². The summed E-state index contributed by atoms with van der Waals surface area (Å²) < 4.78 is 37.9. The second-order valence-corrected chi connectivity index (χ2v) is 8.92. The second-order valence-electron chi connectivity index (χ2n) is 7.98. The van der Waals surface area contributed by atoms with Crippen LogP contribution < -0.4 is 10.6 Å². The minimum absolute atomic E-state index is 0. The lowest BCUT2D eigenvalue weighted by atomic mass is 9.94. The number of benzene rings is 1. The van der Waals surface area contributed by atoms with E-state index >= 15 is 0 Å². The van der Waals surface area contributed by atoms with Crippen molar-refractivity contribution >= 4 is 41.3 Å². The highest BCUT2D eigenvalue weighted by Gasteiger charge is 2.33. The highest BCUT2D eigenvalue weighted by molar-refractivity contribution is 14.0. The fraction of sp³-hybridized carbons (Fsp3) is 0.524. The van der Waals surface area contributed by atoms with Crippen molar-refractivity contribution in [2.75, 3.05) is 26.7 Å². The Morgan fingerprint density at radius 1 is 1.19 bits per heavy atom. The van der Waals surface area contributed by atoms with Crippen molar-refractivity contribution in [1.29, 1.82) is 0 Å². The molecule has 0 fully saturated rings. The number of aromatic nitrogens is 1. The van der Waals surface area contributed by atoms with Crippen LogP contribution in [0.5, 0.6) is 0 Å². The number of thiazole rings is 1. The number of hydrogen-bond donors (Lipinski definition) is 2. The van der Waals surface area contributed by atoms with Gasteiger partial charge in [0.05, 0.1) is 5.01 Å². The van der Waals surface area contributed by atoms with Crippen molar-refractivity contribution in [3.63, 3.8) is 0 Å². The molecule has 0 bridgehead atoms. The normalized spacial score (nSPS) is 15.2. The molecule has 31 heavy (non-hydrogen) atoms. The first-order valence-corrected chi connectivity index (χ1v) is 10.8. The number of aliphatic imine (C=N–C) groups is 1. The van der Waals surface area contributed by atoms with E-state index in [-0.39, 0.29) is 29.5 Å². The zero-order chi connectivity index (χ0) is 21.8. The first-order valence-electron chi connectivity index (χ1n) is 9.97. The monoisotopic (exact) mass is 567 g/mol. The van der Waals surface area contributed by atoms with Gasteiger partial charge in [0.2, 0.25) is 0 Å². The topological polar surface area (TPSA) is 52.6 Å². The summed E-state index contributed by atoms with van der Waals surface area (Å²) in [5, 5.41) is 8.02. The van der Waals surface area contributed by atoms with Crippen LogP contribution in [-0.4, -0.2) is 48.1 Å². The van der Waals surface area contributed by atoms with Gasteiger partial charge in [0.15, 0.2) is 11.7 Å². The Balaban J connectivity index is 0.00000341. The molecule has 0 unspecified atom stereocenters. The molecule has 172 valence electrons. The number of nitrogens with one attached hydrogen (secondary N) is 2. The molecule has 2 N–H and O–H groups in total. The van der Waals surface area contributed by atoms with Crippen LogP contribution in [0.4, 0.5) is 13.2 Å². The molecular formula is C21H29F3IN5S. The molecule has 0 saturated heterocycles. The fourth-order valence-electron chi connectivity index (χ4n) is 3.49. The lowest BCUT2D eigenvalue weighted by molar-refractivity contribution is -0.140. The predicted molar refractivity (Wildman–Crippen MR) is 130 cm³/mol. The van der Waals surface area contributed by atoms with Gasteiger partial charge in [-0.3, -0.25) is 9.89 Å². The molecule has 0 spiro atoms. The van der Waals surface area contributed by atoms with Crippen molar-refractivity contribution < 1.29 is 13.2 Å². The van der Waals surface area contributed by atoms with Crippen LogP contribution in [0, 0.1) is 0 Å². The summed E-state index contributed by atoms with van der Waals surface area (Å²) in [5.41, 5.74) is 1.89. The molecule has 2 heterocycles. The van der Waals surface area contributed by atoms with E-state index in [4.69, 9.17) is 0 Å². The summed E-state index contributed by atoms with van der Waals surface area (Å²) in [5.74, 6) is 0.632. The van der Waals surface area contributed by atoms with Gasteiger partial charge in [0.25, 0.3) is 0 Å². The summed E-state index contributed by atoms with van der Waals surface area (Å²) in [6.45, 7) is 7.49. The lowest BCUT2D eigenvalue weighted by Crippen LogP contribution is -2.54. The van der Waals surface area contributed by atoms with Crippen molar-refractivity contribution in [3.8, 4) is 0 Å². The van der Waals surface area contributed by atoms with Gasteiger partial charge in [-0.25, -0.2) is 4.98 Å². The molecule has 0 atom stereocenters. The molecule has 2 aromatic rings. The molecule has 0 aliphatic carbocycles. The number of rotatable bonds is 6. The quantitative estimate of drug-likeness (QED) is 0.310. The molecular weight excluding hydrogens is 538 g/mol. The maximum atomic E-state index is 12.6. The van der Waals surface area contributed by atoms with Crippen molar-refractivity contribution in [1.82, 2.24) is 20.5 Å². The number of fused-ring (bicyclic) bond motifs is 1. The minimum atomic E-state index is -4.39. The average molecular weight is 567 g/mol. The lowest BCUT2D eigenvalue weighted by Gasteiger charge is -2.42. The van der Waals surface area contributed by atoms with Crippen LogP contribution in [0.2, 0.25) is 0 Å². The predicted octanol–water partition coefficient (Wildman–Crippen LogP) is 4.32. The molecule has 1 aromatic carbocycles. The molecule has 1 aliphatic heterocycles. The van der Waals surface area contributed by atoms with E-state index < -0.39 is 11.9 Å². The minimum Gasteiger partial charge on any atom is -0.356 e. The van der Waals surface area contributed by atoms with Gasteiger partial charge in [-0.05, 0) is 31.4 Å². The van der Waals surface area contributed by atoms with E-state index in [1.807, 2.05) is 0 Å². The van der Waals surface area contributed by atoms with Gasteiger partial charge in [0.1, 0.15) is 0 Å². The van der Waals surface area contributed by atoms with E-state index in [0.29, 0.717) is 30.5 Å². The molecule has 1 aliphatic rings. The number of hydrogen-bond acceptors (Lipinski definition) is 4. The molecule has 10 heteroatoms. The Hall–Kier alpha value is -1.40. The summed E-state index contributed by atoms with van der Waals surface area (Å²) >= 11 is 1.03. The Morgan fingerprint density at radius 2 is 1.90 bits per heavy atom. The van der Waals surface area contributed by atoms with Crippen molar-refractivity contribution in [3.05, 3.63) is 51.5 Å². The third-order valence-corrected chi connectivity index (χ3v) is 6.28. The summed E-state index contributed by atoms with van der Waals surface area (Å²) in [6, 6.07) is 8.56. The molecule has 0 amide bonds. The van der Waals surface area contributed by atoms with Gasteiger partial charge in [0, 0.05) is 50.6 Å². The van der Waals surface area contributed by atoms with Gasteiger partial charge in [-0.2, -0.15) is 13.2 Å². The smallest absolute Gasteiger partial charge is 0.356 e. The number of nitrogens with zero attached hydrogens (tertiary/aromatic N) is 3. The fourth-order valence-corrected chi connectivity index (χ4v) is 4.29. The molecule has 0 saturated carbocycles. The largest absolute Gasteiger partial charge is 0.434 e. The highest BCUT2D eigenvalue weighted by atomic mass is 127. The summed E-state index contributed by atoms with van der Waals surface area (Å²) in [6.07, 6.45) is -2.94. The van der Waals surface area contributed by atoms with E-state index in [9.17, 15) is 13.2 Å². The third kappa shape index (κ3) is 7.04. The highest BCUT2D eigenvalue weighted by Crippen LogP contribution is 2.30. The van der Waals surface area contributed by atoms with Crippen LogP contribution in [0.25, 0.3) is 0 Å². The molecule has 0 radical (unpaired) electrons. The summed E-state index contributed by atoms with van der Waals surface area (Å²) in [7, 11) is 1.69. The van der Waals surface area contributed by atoms with E-state index in [1.54, 1.807) is 7.05 Å². The second kappa shape index (κ2) is 11.0. The maximum absolute atomic E-state index is 12.6. The Kier molecular flexibility index (Phi) is 9.14. The number of halogens is 4. The first kappa shape index (κ1) is 25.9. The third-order valence-electron chi connectivity index (χ3n) is 5.37. The van der Waals surface area contributed by atoms with Gasteiger partial charge < -0.3 is 10.6 Å². The standard InChI is InChI=1S/C21H28F3N5S.HI/c1-20(2,29-11-9-15-6-4-5-7-16(15)12-29)14-27-19(25-3)26-10-8-18-28-17(13-30-18)21(22,23)24;/h4-7,13H,8-12,14H2,1-3H3,(H2,25,26,27);1H. The maximum Gasteiger partial charge on any atom is 0.434 e. The van der Waals surface area contributed by atoms with Gasteiger partial charge in [-0.15, -0.1) is 35.3 Å². The number of guanidine groups is 1. The SMILES string of the molecule is CN=C(NCCc1nc(C(F)(F)F)cs1)NCC(C)(C)N1CCc2ccccc2C1.I. The van der Waals surface area contributed by atoms with Gasteiger partial charge in [-0.1, -0.05) is 24.3 Å². The Morgan fingerprint density at radius 3 is 2.55 bits per heavy atom. The Bertz CT molecular complexity index is 882. The average Bonchev–Trinajstić information content (AvgIpc) is 3.19. The molecule has 1 aromatic heterocycles. The van der Waals surface area contributed by atoms with Crippen LogP contribution in [0.15, 0.2) is 34.6 Å². The zero-order valence-corrected chi connectivity index (χ0v) is 21.1. The molecule has 3 rings (SSSR count). The zero-order valence-electron chi connectivity index (χ0n) is 17.9.